The van der Waals surface area contributed by atoms with Gasteiger partial charge in [-0.3, -0.25) is 4.79 Å². The highest BCUT2D eigenvalue weighted by Gasteiger charge is 2.43. The lowest BCUT2D eigenvalue weighted by Crippen LogP contribution is -2.63. The van der Waals surface area contributed by atoms with Gasteiger partial charge in [-0.25, -0.2) is 0 Å². The summed E-state index contributed by atoms with van der Waals surface area (Å²) in [7, 11) is 0. The predicted octanol–water partition coefficient (Wildman–Crippen LogP) is -3.08. The van der Waals surface area contributed by atoms with Gasteiger partial charge in [-0.2, -0.15) is 0 Å². The van der Waals surface area contributed by atoms with Gasteiger partial charge in [0.2, 0.25) is 5.91 Å². The molecule has 1 aliphatic heterocycles. The molecule has 7 nitrogen and oxygen atoms in total. The Hall–Kier alpha value is -0.730. The second-order valence-corrected chi connectivity index (χ2v) is 3.46. The molecule has 1 heterocycles. The number of aliphatic hydroxyl groups excluding tert-OH is 4. The fraction of sp³-hybridized carbons (Fsp3) is 0.875. The van der Waals surface area contributed by atoms with Gasteiger partial charge in [-0.05, 0) is 0 Å². The van der Waals surface area contributed by atoms with E-state index in [-0.39, 0.29) is 0 Å². The largest absolute Gasteiger partial charge is 0.394 e. The van der Waals surface area contributed by atoms with Gasteiger partial charge in [-0.15, -0.1) is 0 Å². The van der Waals surface area contributed by atoms with Crippen LogP contribution in [0.5, 0.6) is 0 Å². The van der Waals surface area contributed by atoms with Crippen molar-refractivity contribution >= 4 is 5.91 Å². The highest BCUT2D eigenvalue weighted by atomic mass is 16.6. The molecule has 1 aliphatic rings. The van der Waals surface area contributed by atoms with Crippen molar-refractivity contribution in [2.75, 3.05) is 6.61 Å². The van der Waals surface area contributed by atoms with Gasteiger partial charge < -0.3 is 30.5 Å². The van der Waals surface area contributed by atoms with E-state index >= 15 is 0 Å². The average Bonchev–Trinajstić information content (AvgIpc) is 2.18. The molecule has 0 aromatic heterocycles. The molecule has 0 aliphatic carbocycles. The fourth-order valence-electron chi connectivity index (χ4n) is 1.49. The van der Waals surface area contributed by atoms with Crippen molar-refractivity contribution in [3.63, 3.8) is 0 Å². The standard InChI is InChI=1S/C8H15NO6/c1-3(11)9-5-7(13)6(12)4(2-10)15-8(5)14/h4-8,10,12-14H,2H2,1H3,(H,9,11)/t4?,5-,6+,7?,8-/m1/s1. The fourth-order valence-corrected chi connectivity index (χ4v) is 1.49. The van der Waals surface area contributed by atoms with E-state index in [2.05, 4.69) is 5.32 Å². The lowest BCUT2D eigenvalue weighted by atomic mass is 9.97. The topological polar surface area (TPSA) is 119 Å². The van der Waals surface area contributed by atoms with E-state index < -0.39 is 43.2 Å². The molecule has 0 aromatic carbocycles. The van der Waals surface area contributed by atoms with Gasteiger partial charge in [-0.1, -0.05) is 0 Å². The molecule has 5 N–H and O–H groups in total. The monoisotopic (exact) mass is 221 g/mol. The van der Waals surface area contributed by atoms with Crippen molar-refractivity contribution in [1.29, 1.82) is 0 Å². The van der Waals surface area contributed by atoms with Crippen LogP contribution in [0, 0.1) is 0 Å². The zero-order valence-corrected chi connectivity index (χ0v) is 8.20. The summed E-state index contributed by atoms with van der Waals surface area (Å²) in [6.07, 6.45) is -5.24. The molecule has 1 rings (SSSR count). The van der Waals surface area contributed by atoms with Crippen LogP contribution in [0.3, 0.4) is 0 Å². The average molecular weight is 221 g/mol. The second kappa shape index (κ2) is 4.86. The molecule has 88 valence electrons. The van der Waals surface area contributed by atoms with Crippen LogP contribution in [-0.4, -0.2) is 63.6 Å². The van der Waals surface area contributed by atoms with Crippen molar-refractivity contribution in [1.82, 2.24) is 5.32 Å². The first-order chi connectivity index (χ1) is 6.97. The number of nitrogens with one attached hydrogen (secondary N) is 1. The molecule has 0 aromatic rings. The highest BCUT2D eigenvalue weighted by Crippen LogP contribution is 2.19. The molecule has 0 saturated carbocycles. The number of aliphatic hydroxyl groups is 4. The van der Waals surface area contributed by atoms with Crippen LogP contribution < -0.4 is 5.32 Å². The Balaban J connectivity index is 2.70. The number of carbonyl (C=O) groups is 1. The smallest absolute Gasteiger partial charge is 0.217 e. The molecular weight excluding hydrogens is 206 g/mol. The van der Waals surface area contributed by atoms with Gasteiger partial charge in [0.05, 0.1) is 6.61 Å². The van der Waals surface area contributed by atoms with E-state index in [1.165, 1.54) is 6.92 Å². The van der Waals surface area contributed by atoms with Crippen molar-refractivity contribution < 1.29 is 30.0 Å². The summed E-state index contributed by atoms with van der Waals surface area (Å²) in [5, 5.41) is 39.4. The minimum Gasteiger partial charge on any atom is -0.394 e. The van der Waals surface area contributed by atoms with Gasteiger partial charge >= 0.3 is 0 Å². The molecule has 15 heavy (non-hydrogen) atoms. The number of hydrogen-bond donors (Lipinski definition) is 5. The number of rotatable bonds is 2. The third-order valence-electron chi connectivity index (χ3n) is 2.27. The van der Waals surface area contributed by atoms with Crippen LogP contribution >= 0.6 is 0 Å². The maximum Gasteiger partial charge on any atom is 0.217 e. The highest BCUT2D eigenvalue weighted by molar-refractivity contribution is 5.73. The van der Waals surface area contributed by atoms with Crippen molar-refractivity contribution in [2.24, 2.45) is 0 Å². The van der Waals surface area contributed by atoms with E-state index in [1.54, 1.807) is 0 Å². The predicted molar refractivity (Wildman–Crippen MR) is 47.6 cm³/mol. The Morgan fingerprint density at radius 1 is 1.33 bits per heavy atom. The minimum atomic E-state index is -1.45. The van der Waals surface area contributed by atoms with Crippen molar-refractivity contribution in [2.45, 2.75) is 37.6 Å². The van der Waals surface area contributed by atoms with E-state index in [4.69, 9.17) is 9.84 Å². The molecular formula is C8H15NO6. The summed E-state index contributed by atoms with van der Waals surface area (Å²) in [6.45, 7) is 0.687. The number of carbonyl (C=O) groups excluding carboxylic acids is 1. The lowest BCUT2D eigenvalue weighted by Gasteiger charge is -2.40. The Morgan fingerprint density at radius 3 is 2.40 bits per heavy atom. The minimum absolute atomic E-state index is 0.462. The first-order valence-corrected chi connectivity index (χ1v) is 4.55. The quantitative estimate of drug-likeness (QED) is 0.337. The molecule has 0 radical (unpaired) electrons. The zero-order valence-electron chi connectivity index (χ0n) is 8.20. The zero-order chi connectivity index (χ0) is 11.6. The first-order valence-electron chi connectivity index (χ1n) is 4.55. The summed E-state index contributed by atoms with van der Waals surface area (Å²) in [4.78, 5) is 10.7. The van der Waals surface area contributed by atoms with Gasteiger partial charge in [0.1, 0.15) is 24.4 Å². The van der Waals surface area contributed by atoms with Crippen molar-refractivity contribution in [3.8, 4) is 0 Å². The summed E-state index contributed by atoms with van der Waals surface area (Å²) in [5.74, 6) is -0.462. The molecule has 0 spiro atoms. The van der Waals surface area contributed by atoms with E-state index in [9.17, 15) is 20.1 Å². The SMILES string of the molecule is CC(=O)N[C@@H]1C(O)[C@@H](O)C(CO)O[C@H]1O. The van der Waals surface area contributed by atoms with E-state index in [1.807, 2.05) is 0 Å². The van der Waals surface area contributed by atoms with Gasteiger partial charge in [0.25, 0.3) is 0 Å². The number of hydrogen-bond acceptors (Lipinski definition) is 6. The molecule has 0 bridgehead atoms. The van der Waals surface area contributed by atoms with Crippen LogP contribution in [0.25, 0.3) is 0 Å². The van der Waals surface area contributed by atoms with Gasteiger partial charge in [0.15, 0.2) is 6.29 Å². The van der Waals surface area contributed by atoms with Crippen LogP contribution in [-0.2, 0) is 9.53 Å². The maximum absolute atomic E-state index is 10.7. The molecule has 1 fully saturated rings. The van der Waals surface area contributed by atoms with Crippen LogP contribution in [0.1, 0.15) is 6.92 Å². The first kappa shape index (κ1) is 12.3. The Morgan fingerprint density at radius 2 is 1.93 bits per heavy atom. The summed E-state index contributed by atoms with van der Waals surface area (Å²) >= 11 is 0. The lowest BCUT2D eigenvalue weighted by molar-refractivity contribution is -0.253. The third-order valence-corrected chi connectivity index (χ3v) is 2.27. The summed E-state index contributed by atoms with van der Waals surface area (Å²) in [6, 6.07) is -1.10. The molecule has 1 saturated heterocycles. The van der Waals surface area contributed by atoms with Crippen LogP contribution in [0.15, 0.2) is 0 Å². The van der Waals surface area contributed by atoms with Crippen LogP contribution in [0.4, 0.5) is 0 Å². The molecule has 7 heteroatoms. The third kappa shape index (κ3) is 2.64. The Bertz CT molecular complexity index is 235. The normalized spacial score (nSPS) is 41.3. The van der Waals surface area contributed by atoms with Crippen LogP contribution in [0.2, 0.25) is 0 Å². The van der Waals surface area contributed by atoms with Gasteiger partial charge in [0, 0.05) is 6.92 Å². The number of ether oxygens (including phenoxy) is 1. The molecule has 5 atom stereocenters. The summed E-state index contributed by atoms with van der Waals surface area (Å²) < 4.78 is 4.81. The second-order valence-electron chi connectivity index (χ2n) is 3.46. The molecule has 2 unspecified atom stereocenters. The Kier molecular flexibility index (Phi) is 4.00. The molecule has 1 amide bonds. The Labute approximate surface area is 86.3 Å². The van der Waals surface area contributed by atoms with E-state index in [0.717, 1.165) is 0 Å². The number of amides is 1. The van der Waals surface area contributed by atoms with E-state index in [0.29, 0.717) is 0 Å². The van der Waals surface area contributed by atoms with Crippen molar-refractivity contribution in [3.05, 3.63) is 0 Å². The summed E-state index contributed by atoms with van der Waals surface area (Å²) in [5.41, 5.74) is 0. The maximum atomic E-state index is 10.7.